The molecule has 0 saturated heterocycles. The van der Waals surface area contributed by atoms with Crippen molar-refractivity contribution in [2.24, 2.45) is 5.92 Å². The number of pyridine rings is 1. The number of nitriles is 2. The fraction of sp³-hybridized carbons (Fsp3) is 0.562. The quantitative estimate of drug-likeness (QED) is 0.860. The smallest absolute Gasteiger partial charge is 0.102 e. The maximum absolute atomic E-state index is 11.5. The minimum Gasteiger partial charge on any atom is -0.858 e. The summed E-state index contributed by atoms with van der Waals surface area (Å²) in [4.78, 5) is 3.90. The minimum atomic E-state index is -0.563. The van der Waals surface area contributed by atoms with Crippen molar-refractivity contribution in [1.29, 1.82) is 10.5 Å². The van der Waals surface area contributed by atoms with E-state index in [1.165, 1.54) is 13.1 Å². The van der Waals surface area contributed by atoms with E-state index in [0.717, 1.165) is 24.8 Å². The first-order valence-corrected chi connectivity index (χ1v) is 7.43. The Hall–Kier alpha value is -2.11. The molecule has 0 fully saturated rings. The molecule has 21 heavy (non-hydrogen) atoms. The molecule has 0 aromatic carbocycles. The zero-order valence-corrected chi connectivity index (χ0v) is 12.9. The lowest BCUT2D eigenvalue weighted by Gasteiger charge is -2.24. The summed E-state index contributed by atoms with van der Waals surface area (Å²) in [6, 6.07) is 3.76. The summed E-state index contributed by atoms with van der Waals surface area (Å²) < 4.78 is 0. The number of nitrogens with two attached hydrogens (primary N) is 1. The highest BCUT2D eigenvalue weighted by molar-refractivity contribution is 5.56. The van der Waals surface area contributed by atoms with Gasteiger partial charge in [-0.3, -0.25) is 4.98 Å². The van der Waals surface area contributed by atoms with Gasteiger partial charge in [-0.15, -0.1) is 0 Å². The van der Waals surface area contributed by atoms with Gasteiger partial charge in [0.05, 0.1) is 24.2 Å². The van der Waals surface area contributed by atoms with Crippen LogP contribution in [0, 0.1) is 28.6 Å². The van der Waals surface area contributed by atoms with Crippen LogP contribution in [0.1, 0.15) is 49.6 Å². The highest BCUT2D eigenvalue weighted by atomic mass is 16.3. The predicted molar refractivity (Wildman–Crippen MR) is 77.3 cm³/mol. The van der Waals surface area contributed by atoms with Crippen LogP contribution in [-0.4, -0.2) is 18.1 Å². The molecule has 0 radical (unpaired) electrons. The molecule has 1 aliphatic carbocycles. The number of nitrogens with zero attached hydrogens (tertiary/aromatic N) is 3. The van der Waals surface area contributed by atoms with Gasteiger partial charge in [-0.25, -0.2) is 0 Å². The van der Waals surface area contributed by atoms with Crippen LogP contribution in [0.3, 0.4) is 0 Å². The molecule has 0 bridgehead atoms. The van der Waals surface area contributed by atoms with Crippen LogP contribution in [0.25, 0.3) is 0 Å². The van der Waals surface area contributed by atoms with Crippen molar-refractivity contribution < 1.29 is 10.4 Å². The molecule has 5 nitrogen and oxygen atoms in total. The van der Waals surface area contributed by atoms with Gasteiger partial charge in [-0.1, -0.05) is 6.92 Å². The summed E-state index contributed by atoms with van der Waals surface area (Å²) in [6.45, 7) is 8.85. The summed E-state index contributed by atoms with van der Waals surface area (Å²) in [7, 11) is 0. The van der Waals surface area contributed by atoms with Gasteiger partial charge in [0.25, 0.3) is 0 Å². The Morgan fingerprint density at radius 3 is 2.33 bits per heavy atom. The van der Waals surface area contributed by atoms with Gasteiger partial charge in [-0.2, -0.15) is 10.5 Å². The van der Waals surface area contributed by atoms with E-state index in [-0.39, 0.29) is 11.1 Å². The van der Waals surface area contributed by atoms with E-state index in [1.54, 1.807) is 6.07 Å². The first kappa shape index (κ1) is 16.9. The predicted octanol–water partition coefficient (Wildman–Crippen LogP) is 0.613. The number of hydrogen-bond acceptors (Lipinski definition) is 4. The minimum absolute atomic E-state index is 0.102. The largest absolute Gasteiger partial charge is 0.858 e. The Bertz CT molecular complexity index is 567. The van der Waals surface area contributed by atoms with Crippen LogP contribution in [-0.2, 0) is 12.8 Å². The number of rotatable bonds is 2. The number of fused-ring (bicyclic) bond motifs is 1. The summed E-state index contributed by atoms with van der Waals surface area (Å²) in [6.07, 6.45) is 2.45. The van der Waals surface area contributed by atoms with Crippen molar-refractivity contribution in [3.8, 4) is 18.0 Å². The molecule has 0 amide bonds. The van der Waals surface area contributed by atoms with Crippen LogP contribution in [0.2, 0.25) is 0 Å². The molecule has 1 aromatic heterocycles. The Labute approximate surface area is 126 Å². The highest BCUT2D eigenvalue weighted by Gasteiger charge is 2.22. The highest BCUT2D eigenvalue weighted by Crippen LogP contribution is 2.30. The molecular weight excluding hydrogens is 264 g/mol. The van der Waals surface area contributed by atoms with Crippen molar-refractivity contribution in [3.05, 3.63) is 22.4 Å². The second kappa shape index (κ2) is 8.24. The first-order valence-electron chi connectivity index (χ1n) is 7.43. The third-order valence-electron chi connectivity index (χ3n) is 3.58. The second-order valence-corrected chi connectivity index (χ2v) is 5.27. The standard InChI is InChI=1S/C12H11N3O.C4H11N/c1-7-2-3-11-8(4-7)9(5-13)10(6-14)12(16)15-11;1-3-5-4-2/h7H,2-4H2,1H3,(H,15,16);5H,3-4H2,1-2H3. The van der Waals surface area contributed by atoms with Crippen molar-refractivity contribution in [3.63, 3.8) is 0 Å². The molecule has 2 N–H and O–H groups in total. The molecule has 1 aliphatic rings. The molecule has 0 aliphatic heterocycles. The lowest BCUT2D eigenvalue weighted by Crippen LogP contribution is -2.82. The van der Waals surface area contributed by atoms with E-state index < -0.39 is 5.88 Å². The monoisotopic (exact) mass is 286 g/mol. The molecule has 5 heteroatoms. The van der Waals surface area contributed by atoms with E-state index in [4.69, 9.17) is 10.5 Å². The Morgan fingerprint density at radius 1 is 1.24 bits per heavy atom. The fourth-order valence-electron chi connectivity index (χ4n) is 2.42. The van der Waals surface area contributed by atoms with Crippen molar-refractivity contribution in [2.45, 2.75) is 40.0 Å². The molecule has 1 aromatic rings. The topological polar surface area (TPSA) is 100 Å². The zero-order valence-electron chi connectivity index (χ0n) is 12.9. The Kier molecular flexibility index (Phi) is 6.65. The Balaban J connectivity index is 0.000000383. The molecule has 1 unspecified atom stereocenters. The van der Waals surface area contributed by atoms with Crippen LogP contribution >= 0.6 is 0 Å². The average molecular weight is 286 g/mol. The molecule has 1 atom stereocenters. The van der Waals surface area contributed by atoms with Crippen LogP contribution in [0.5, 0.6) is 5.88 Å². The number of aromatic nitrogens is 1. The summed E-state index contributed by atoms with van der Waals surface area (Å²) in [5, 5.41) is 31.7. The van der Waals surface area contributed by atoms with Gasteiger partial charge in [-0.05, 0) is 44.6 Å². The Morgan fingerprint density at radius 2 is 1.86 bits per heavy atom. The van der Waals surface area contributed by atoms with E-state index in [2.05, 4.69) is 31.1 Å². The summed E-state index contributed by atoms with van der Waals surface area (Å²) in [5.74, 6) is -0.0854. The van der Waals surface area contributed by atoms with Crippen molar-refractivity contribution >= 4 is 0 Å². The maximum atomic E-state index is 11.5. The van der Waals surface area contributed by atoms with Gasteiger partial charge in [0.1, 0.15) is 12.1 Å². The van der Waals surface area contributed by atoms with Gasteiger partial charge in [0.15, 0.2) is 0 Å². The molecule has 2 rings (SSSR count). The van der Waals surface area contributed by atoms with E-state index in [1.807, 2.05) is 6.07 Å². The fourth-order valence-corrected chi connectivity index (χ4v) is 2.42. The average Bonchev–Trinajstić information content (AvgIpc) is 2.48. The lowest BCUT2D eigenvalue weighted by molar-refractivity contribution is -0.648. The van der Waals surface area contributed by atoms with Gasteiger partial charge in [0.2, 0.25) is 0 Å². The third-order valence-corrected chi connectivity index (χ3v) is 3.58. The van der Waals surface area contributed by atoms with Crippen molar-refractivity contribution in [1.82, 2.24) is 4.98 Å². The van der Waals surface area contributed by atoms with Gasteiger partial charge < -0.3 is 10.4 Å². The van der Waals surface area contributed by atoms with Gasteiger partial charge in [0, 0.05) is 11.6 Å². The molecule has 0 spiro atoms. The number of hydrogen-bond donors (Lipinski definition) is 1. The SMILES string of the molecule is CC1CCc2nc([O-])c(C#N)c(C#N)c2C1.CC[NH2+]CC. The second-order valence-electron chi connectivity index (χ2n) is 5.27. The van der Waals surface area contributed by atoms with Gasteiger partial charge >= 0.3 is 0 Å². The van der Waals surface area contributed by atoms with Crippen LogP contribution in [0.4, 0.5) is 0 Å². The molecule has 1 heterocycles. The maximum Gasteiger partial charge on any atom is 0.102 e. The van der Waals surface area contributed by atoms with E-state index in [0.29, 0.717) is 11.6 Å². The summed E-state index contributed by atoms with van der Waals surface area (Å²) >= 11 is 0. The zero-order chi connectivity index (χ0) is 15.8. The third kappa shape index (κ3) is 4.18. The van der Waals surface area contributed by atoms with E-state index in [9.17, 15) is 5.11 Å². The van der Waals surface area contributed by atoms with E-state index >= 15 is 0 Å². The van der Waals surface area contributed by atoms with Crippen LogP contribution < -0.4 is 10.4 Å². The first-order chi connectivity index (χ1) is 10.1. The van der Waals surface area contributed by atoms with Crippen LogP contribution in [0.15, 0.2) is 0 Å². The molecule has 112 valence electrons. The lowest BCUT2D eigenvalue weighted by atomic mass is 9.84. The summed E-state index contributed by atoms with van der Waals surface area (Å²) in [5.41, 5.74) is 1.65. The number of quaternary nitrogens is 1. The molecular formula is C16H22N4O. The molecule has 0 saturated carbocycles. The van der Waals surface area contributed by atoms with Crippen molar-refractivity contribution in [2.75, 3.05) is 13.1 Å². The normalized spacial score (nSPS) is 16.0. The number of aryl methyl sites for hydroxylation is 1.